The van der Waals surface area contributed by atoms with E-state index in [1.807, 2.05) is 12.1 Å². The smallest absolute Gasteiger partial charge is 0.309 e. The molecule has 1 atom stereocenters. The summed E-state index contributed by atoms with van der Waals surface area (Å²) in [6.45, 7) is 2.21. The van der Waals surface area contributed by atoms with Crippen molar-refractivity contribution < 1.29 is 24.1 Å². The van der Waals surface area contributed by atoms with Crippen molar-refractivity contribution in [1.29, 1.82) is 0 Å². The number of likely N-dealkylation sites (tertiary alicyclic amines) is 1. The minimum absolute atomic E-state index is 0.195. The highest BCUT2D eigenvalue weighted by Gasteiger charge is 2.41. The quantitative estimate of drug-likeness (QED) is 0.219. The maximum atomic E-state index is 13.8. The van der Waals surface area contributed by atoms with E-state index < -0.39 is 17.5 Å². The topological polar surface area (TPSA) is 82.9 Å². The van der Waals surface area contributed by atoms with Crippen LogP contribution in [0.1, 0.15) is 43.8 Å². The predicted octanol–water partition coefficient (Wildman–Crippen LogP) is 6.20. The molecule has 0 radical (unpaired) electrons. The lowest BCUT2D eigenvalue weighted by molar-refractivity contribution is -0.153. The van der Waals surface area contributed by atoms with E-state index in [9.17, 15) is 19.4 Å². The molecule has 9 heteroatoms. The van der Waals surface area contributed by atoms with Crippen molar-refractivity contribution in [2.75, 3.05) is 32.5 Å². The molecule has 1 aromatic heterocycles. The number of carboxylic acids is 1. The summed E-state index contributed by atoms with van der Waals surface area (Å²) in [4.78, 5) is 19.6. The van der Waals surface area contributed by atoms with E-state index in [0.717, 1.165) is 18.7 Å². The summed E-state index contributed by atoms with van der Waals surface area (Å²) >= 11 is 7.94. The van der Waals surface area contributed by atoms with Gasteiger partial charge in [0, 0.05) is 22.0 Å². The number of aromatic nitrogens is 1. The van der Waals surface area contributed by atoms with E-state index >= 15 is 0 Å². The molecular formula is C28H32ClFN2O4S. The summed E-state index contributed by atoms with van der Waals surface area (Å²) in [6.07, 6.45) is 3.17. The Balaban J connectivity index is 1.33. The van der Waals surface area contributed by atoms with Crippen LogP contribution in [0.25, 0.3) is 10.9 Å². The number of hydrogen-bond acceptors (Lipinski definition) is 6. The number of carboxylic acid groups (broad SMARTS) is 1. The van der Waals surface area contributed by atoms with Crippen LogP contribution < -0.4 is 4.74 Å². The summed E-state index contributed by atoms with van der Waals surface area (Å²) in [6, 6.07) is 12.2. The molecule has 1 saturated heterocycles. The lowest BCUT2D eigenvalue weighted by Gasteiger charge is -2.39. The van der Waals surface area contributed by atoms with Gasteiger partial charge in [0.25, 0.3) is 0 Å². The third-order valence-electron chi connectivity index (χ3n) is 7.28. The number of pyridine rings is 1. The standard InChI is InChI=1S/C28H32ClFN2O4S/c1-36-19-7-8-23-20(17-19)26(21(29)18-31-23)24(33)9-10-28(27(34)35)11-14-32(15-12-28)13-4-16-37-25-6-3-2-5-22(25)30/h2-3,5-8,17-18,24,33H,4,9-16H2,1H3,(H,34,35)/t24-/m0/s1. The van der Waals surface area contributed by atoms with Crippen molar-refractivity contribution in [2.45, 2.75) is 43.1 Å². The first-order chi connectivity index (χ1) is 17.8. The molecule has 2 N–H and O–H groups in total. The Morgan fingerprint density at radius 2 is 2.03 bits per heavy atom. The Bertz CT molecular complexity index is 1240. The fraction of sp³-hybridized carbons (Fsp3) is 0.429. The van der Waals surface area contributed by atoms with Crippen molar-refractivity contribution in [1.82, 2.24) is 9.88 Å². The van der Waals surface area contributed by atoms with Gasteiger partial charge < -0.3 is 19.8 Å². The number of aliphatic hydroxyl groups excluding tert-OH is 1. The van der Waals surface area contributed by atoms with Crippen LogP contribution in [-0.4, -0.2) is 58.6 Å². The van der Waals surface area contributed by atoms with Gasteiger partial charge in [0.2, 0.25) is 0 Å². The molecule has 0 unspecified atom stereocenters. The minimum atomic E-state index is -0.922. The molecule has 1 fully saturated rings. The second kappa shape index (κ2) is 12.4. The number of benzene rings is 2. The Morgan fingerprint density at radius 1 is 1.27 bits per heavy atom. The average molecular weight is 547 g/mol. The molecule has 0 spiro atoms. The molecule has 2 aromatic carbocycles. The molecule has 3 aromatic rings. The number of rotatable bonds is 11. The number of halogens is 2. The van der Waals surface area contributed by atoms with Gasteiger partial charge in [-0.3, -0.25) is 9.78 Å². The second-order valence-electron chi connectivity index (χ2n) is 9.52. The number of carbonyl (C=O) groups is 1. The van der Waals surface area contributed by atoms with Gasteiger partial charge >= 0.3 is 5.97 Å². The number of aliphatic hydroxyl groups is 1. The zero-order chi connectivity index (χ0) is 26.4. The van der Waals surface area contributed by atoms with Crippen LogP contribution in [-0.2, 0) is 4.79 Å². The number of thioether (sulfide) groups is 1. The molecule has 1 aliphatic heterocycles. The molecule has 2 heterocycles. The van der Waals surface area contributed by atoms with Crippen LogP contribution in [0, 0.1) is 11.2 Å². The van der Waals surface area contributed by atoms with Gasteiger partial charge in [-0.1, -0.05) is 23.7 Å². The predicted molar refractivity (Wildman–Crippen MR) is 145 cm³/mol. The third kappa shape index (κ3) is 6.55. The van der Waals surface area contributed by atoms with E-state index in [2.05, 4.69) is 9.88 Å². The number of ether oxygens (including phenoxy) is 1. The Kier molecular flexibility index (Phi) is 9.29. The van der Waals surface area contributed by atoms with Crippen molar-refractivity contribution in [3.8, 4) is 5.75 Å². The first-order valence-corrected chi connectivity index (χ1v) is 13.8. The van der Waals surface area contributed by atoms with E-state index in [0.29, 0.717) is 64.5 Å². The van der Waals surface area contributed by atoms with Gasteiger partial charge in [0.15, 0.2) is 0 Å². The number of nitrogens with zero attached hydrogens (tertiary/aromatic N) is 2. The molecular weight excluding hydrogens is 515 g/mol. The largest absolute Gasteiger partial charge is 0.497 e. The number of methoxy groups -OCH3 is 1. The average Bonchev–Trinajstić information content (AvgIpc) is 2.90. The summed E-state index contributed by atoms with van der Waals surface area (Å²) in [5.41, 5.74) is 0.358. The van der Waals surface area contributed by atoms with E-state index in [4.69, 9.17) is 16.3 Å². The van der Waals surface area contributed by atoms with Crippen LogP contribution in [0.15, 0.2) is 53.6 Å². The fourth-order valence-electron chi connectivity index (χ4n) is 5.00. The molecule has 0 saturated carbocycles. The molecule has 4 rings (SSSR count). The Hall–Kier alpha value is -2.39. The first-order valence-electron chi connectivity index (χ1n) is 12.5. The van der Waals surface area contributed by atoms with Crippen molar-refractivity contribution in [3.63, 3.8) is 0 Å². The van der Waals surface area contributed by atoms with E-state index in [1.54, 1.807) is 31.4 Å². The molecule has 0 aliphatic carbocycles. The maximum absolute atomic E-state index is 13.8. The SMILES string of the molecule is COc1ccc2ncc(Cl)c([C@@H](O)CCC3(C(=O)O)CCN(CCCSc4ccccc4F)CC3)c2c1. The third-order valence-corrected chi connectivity index (χ3v) is 8.71. The molecule has 6 nitrogen and oxygen atoms in total. The van der Waals surface area contributed by atoms with Gasteiger partial charge in [-0.25, -0.2) is 4.39 Å². The fourth-order valence-corrected chi connectivity index (χ4v) is 6.15. The van der Waals surface area contributed by atoms with Crippen molar-refractivity contribution >= 4 is 40.2 Å². The Morgan fingerprint density at radius 3 is 2.73 bits per heavy atom. The normalized spacial score (nSPS) is 16.5. The van der Waals surface area contributed by atoms with Crippen LogP contribution >= 0.6 is 23.4 Å². The molecule has 0 amide bonds. The lowest BCUT2D eigenvalue weighted by atomic mass is 9.74. The van der Waals surface area contributed by atoms with Gasteiger partial charge in [-0.2, -0.15) is 0 Å². The van der Waals surface area contributed by atoms with Crippen molar-refractivity contribution in [3.05, 3.63) is 65.1 Å². The van der Waals surface area contributed by atoms with Crippen LogP contribution in [0.2, 0.25) is 5.02 Å². The van der Waals surface area contributed by atoms with Crippen molar-refractivity contribution in [2.24, 2.45) is 5.41 Å². The number of hydrogen-bond donors (Lipinski definition) is 2. The van der Waals surface area contributed by atoms with Crippen LogP contribution in [0.5, 0.6) is 5.75 Å². The Labute approximate surface area is 225 Å². The molecule has 198 valence electrons. The second-order valence-corrected chi connectivity index (χ2v) is 11.1. The highest BCUT2D eigenvalue weighted by atomic mass is 35.5. The van der Waals surface area contributed by atoms with Crippen LogP contribution in [0.3, 0.4) is 0 Å². The molecule has 1 aliphatic rings. The number of aliphatic carboxylic acids is 1. The maximum Gasteiger partial charge on any atom is 0.309 e. The summed E-state index contributed by atoms with van der Waals surface area (Å²) in [7, 11) is 1.57. The highest BCUT2D eigenvalue weighted by molar-refractivity contribution is 7.99. The summed E-state index contributed by atoms with van der Waals surface area (Å²) in [5.74, 6) is 0.423. The molecule has 0 bridgehead atoms. The van der Waals surface area contributed by atoms with Gasteiger partial charge in [-0.05, 0) is 87.8 Å². The zero-order valence-corrected chi connectivity index (χ0v) is 22.4. The number of piperidine rings is 1. The minimum Gasteiger partial charge on any atom is -0.497 e. The highest BCUT2D eigenvalue weighted by Crippen LogP contribution is 2.41. The summed E-state index contributed by atoms with van der Waals surface area (Å²) in [5, 5.41) is 22.3. The zero-order valence-electron chi connectivity index (χ0n) is 20.8. The van der Waals surface area contributed by atoms with Crippen LogP contribution in [0.4, 0.5) is 4.39 Å². The van der Waals surface area contributed by atoms with E-state index in [1.165, 1.54) is 24.0 Å². The molecule has 37 heavy (non-hydrogen) atoms. The summed E-state index contributed by atoms with van der Waals surface area (Å²) < 4.78 is 19.1. The van der Waals surface area contributed by atoms with Gasteiger partial charge in [0.1, 0.15) is 11.6 Å². The van der Waals surface area contributed by atoms with E-state index in [-0.39, 0.29) is 12.2 Å². The monoisotopic (exact) mass is 546 g/mol. The lowest BCUT2D eigenvalue weighted by Crippen LogP contribution is -2.44. The number of fused-ring (bicyclic) bond motifs is 1. The van der Waals surface area contributed by atoms with Gasteiger partial charge in [-0.15, -0.1) is 11.8 Å². The first kappa shape index (κ1) is 27.6. The van der Waals surface area contributed by atoms with Gasteiger partial charge in [0.05, 0.1) is 29.2 Å².